The van der Waals surface area contributed by atoms with Gasteiger partial charge in [-0.3, -0.25) is 4.98 Å². The molecule has 1 atom stereocenters. The minimum Gasteiger partial charge on any atom is -0.383 e. The lowest BCUT2D eigenvalue weighted by molar-refractivity contribution is 0.224. The molecule has 3 aromatic rings. The number of hydrogen-bond donors (Lipinski definition) is 1. The highest BCUT2D eigenvalue weighted by atomic mass is 32.1. The van der Waals surface area contributed by atoms with Crippen molar-refractivity contribution in [3.05, 3.63) is 64.0 Å². The molecule has 1 unspecified atom stereocenters. The van der Waals surface area contributed by atoms with Gasteiger partial charge in [0.2, 0.25) is 0 Å². The zero-order valence-corrected chi connectivity index (χ0v) is 13.3. The largest absolute Gasteiger partial charge is 0.383 e. The number of fused-ring (bicyclic) bond motifs is 1. The Hall–Kier alpha value is -1.71. The van der Waals surface area contributed by atoms with Crippen LogP contribution in [-0.4, -0.2) is 10.1 Å². The summed E-state index contributed by atoms with van der Waals surface area (Å²) in [5.41, 5.74) is 1.91. The van der Waals surface area contributed by atoms with Gasteiger partial charge < -0.3 is 5.11 Å². The van der Waals surface area contributed by atoms with E-state index in [9.17, 15) is 5.11 Å². The standard InChI is InChI=1S/C18H19NOS/c1-18(2,3)16-9-8-15(21-16)17(20)13-10-12-6-4-5-7-14(12)19-11-13/h4-11,17,20H,1-3H3. The van der Waals surface area contributed by atoms with E-state index in [2.05, 4.69) is 31.8 Å². The topological polar surface area (TPSA) is 33.1 Å². The first-order chi connectivity index (χ1) is 9.95. The third-order valence-corrected chi connectivity index (χ3v) is 5.13. The third-order valence-electron chi connectivity index (χ3n) is 3.56. The van der Waals surface area contributed by atoms with Crippen LogP contribution in [0.1, 0.15) is 42.2 Å². The predicted molar refractivity (Wildman–Crippen MR) is 88.8 cm³/mol. The van der Waals surface area contributed by atoms with Crippen LogP contribution in [0.25, 0.3) is 10.9 Å². The average Bonchev–Trinajstić information content (AvgIpc) is 2.96. The van der Waals surface area contributed by atoms with E-state index in [4.69, 9.17) is 0 Å². The molecule has 2 nitrogen and oxygen atoms in total. The van der Waals surface area contributed by atoms with Crippen molar-refractivity contribution in [3.8, 4) is 0 Å². The first-order valence-electron chi connectivity index (χ1n) is 7.08. The lowest BCUT2D eigenvalue weighted by Gasteiger charge is -2.15. The lowest BCUT2D eigenvalue weighted by atomic mass is 9.95. The summed E-state index contributed by atoms with van der Waals surface area (Å²) in [5, 5.41) is 11.7. The Kier molecular flexibility index (Phi) is 3.56. The number of nitrogens with zero attached hydrogens (tertiary/aromatic N) is 1. The molecule has 0 radical (unpaired) electrons. The van der Waals surface area contributed by atoms with Crippen molar-refractivity contribution in [2.24, 2.45) is 0 Å². The van der Waals surface area contributed by atoms with Crippen molar-refractivity contribution in [2.75, 3.05) is 0 Å². The summed E-state index contributed by atoms with van der Waals surface area (Å²) in [4.78, 5) is 6.68. The summed E-state index contributed by atoms with van der Waals surface area (Å²) in [6, 6.07) is 14.1. The van der Waals surface area contributed by atoms with Gasteiger partial charge in [-0.15, -0.1) is 11.3 Å². The summed E-state index contributed by atoms with van der Waals surface area (Å²) in [6.07, 6.45) is 1.16. The van der Waals surface area contributed by atoms with Crippen molar-refractivity contribution < 1.29 is 5.11 Å². The van der Waals surface area contributed by atoms with E-state index >= 15 is 0 Å². The SMILES string of the molecule is CC(C)(C)c1ccc(C(O)c2cnc3ccccc3c2)s1. The summed E-state index contributed by atoms with van der Waals surface area (Å²) in [6.45, 7) is 6.56. The molecular formula is C18H19NOS. The van der Waals surface area contributed by atoms with E-state index in [1.54, 1.807) is 17.5 Å². The first kappa shape index (κ1) is 14.2. The van der Waals surface area contributed by atoms with E-state index in [0.717, 1.165) is 21.3 Å². The maximum atomic E-state index is 10.6. The Morgan fingerprint density at radius 2 is 1.86 bits per heavy atom. The molecule has 1 aromatic carbocycles. The quantitative estimate of drug-likeness (QED) is 0.745. The van der Waals surface area contributed by atoms with E-state index in [0.29, 0.717) is 0 Å². The highest BCUT2D eigenvalue weighted by Crippen LogP contribution is 2.34. The van der Waals surface area contributed by atoms with Crippen LogP contribution in [0.2, 0.25) is 0 Å². The van der Waals surface area contributed by atoms with Gasteiger partial charge in [-0.05, 0) is 29.7 Å². The van der Waals surface area contributed by atoms with E-state index in [1.165, 1.54) is 4.88 Å². The lowest BCUT2D eigenvalue weighted by Crippen LogP contribution is -2.07. The monoisotopic (exact) mass is 297 g/mol. The second-order valence-electron chi connectivity index (χ2n) is 6.32. The molecule has 0 bridgehead atoms. The van der Waals surface area contributed by atoms with E-state index in [-0.39, 0.29) is 5.41 Å². The van der Waals surface area contributed by atoms with Crippen molar-refractivity contribution in [1.29, 1.82) is 0 Å². The fourth-order valence-corrected chi connectivity index (χ4v) is 3.38. The van der Waals surface area contributed by atoms with Gasteiger partial charge in [-0.1, -0.05) is 39.0 Å². The minimum absolute atomic E-state index is 0.115. The Morgan fingerprint density at radius 1 is 1.10 bits per heavy atom. The molecule has 0 saturated carbocycles. The van der Waals surface area contributed by atoms with Crippen LogP contribution in [0, 0.1) is 0 Å². The summed E-state index contributed by atoms with van der Waals surface area (Å²) >= 11 is 1.67. The predicted octanol–water partition coefficient (Wildman–Crippen LogP) is 4.68. The summed E-state index contributed by atoms with van der Waals surface area (Å²) < 4.78 is 0. The smallest absolute Gasteiger partial charge is 0.115 e. The number of aliphatic hydroxyl groups excluding tert-OH is 1. The minimum atomic E-state index is -0.608. The van der Waals surface area contributed by atoms with Crippen molar-refractivity contribution in [1.82, 2.24) is 4.98 Å². The molecule has 108 valence electrons. The third kappa shape index (κ3) is 2.85. The molecule has 0 aliphatic carbocycles. The van der Waals surface area contributed by atoms with Crippen molar-refractivity contribution in [2.45, 2.75) is 32.3 Å². The second-order valence-corrected chi connectivity index (χ2v) is 7.43. The Morgan fingerprint density at radius 3 is 2.57 bits per heavy atom. The molecule has 0 spiro atoms. The first-order valence-corrected chi connectivity index (χ1v) is 7.90. The van der Waals surface area contributed by atoms with Crippen LogP contribution < -0.4 is 0 Å². The van der Waals surface area contributed by atoms with Gasteiger partial charge in [0.05, 0.1) is 5.52 Å². The number of thiophene rings is 1. The number of aliphatic hydroxyl groups is 1. The van der Waals surface area contributed by atoms with Gasteiger partial charge in [0.15, 0.2) is 0 Å². The van der Waals surface area contributed by atoms with Crippen LogP contribution in [0.4, 0.5) is 0 Å². The summed E-state index contributed by atoms with van der Waals surface area (Å²) in [5.74, 6) is 0. The van der Waals surface area contributed by atoms with Crippen LogP contribution in [0.15, 0.2) is 48.7 Å². The normalized spacial score (nSPS) is 13.5. The molecule has 21 heavy (non-hydrogen) atoms. The molecule has 0 saturated heterocycles. The Labute approximate surface area is 129 Å². The summed E-state index contributed by atoms with van der Waals surface area (Å²) in [7, 11) is 0. The fourth-order valence-electron chi connectivity index (χ4n) is 2.30. The number of hydrogen-bond acceptors (Lipinski definition) is 3. The molecule has 2 heterocycles. The maximum absolute atomic E-state index is 10.6. The fraction of sp³-hybridized carbons (Fsp3) is 0.278. The van der Waals surface area contributed by atoms with Crippen molar-refractivity contribution >= 4 is 22.2 Å². The Bertz CT molecular complexity index is 770. The molecule has 3 rings (SSSR count). The highest BCUT2D eigenvalue weighted by Gasteiger charge is 2.20. The van der Waals surface area contributed by atoms with Gasteiger partial charge in [-0.25, -0.2) is 0 Å². The van der Waals surface area contributed by atoms with Gasteiger partial charge in [0.25, 0.3) is 0 Å². The van der Waals surface area contributed by atoms with E-state index < -0.39 is 6.10 Å². The highest BCUT2D eigenvalue weighted by molar-refractivity contribution is 7.12. The maximum Gasteiger partial charge on any atom is 0.115 e. The molecule has 1 N–H and O–H groups in total. The number of para-hydroxylation sites is 1. The molecule has 2 aromatic heterocycles. The van der Waals surface area contributed by atoms with Gasteiger partial charge in [0, 0.05) is 26.9 Å². The zero-order valence-electron chi connectivity index (χ0n) is 12.5. The number of rotatable bonds is 2. The molecule has 0 aliphatic rings. The molecule has 3 heteroatoms. The molecule has 0 aliphatic heterocycles. The number of benzene rings is 1. The van der Waals surface area contributed by atoms with Gasteiger partial charge in [0.1, 0.15) is 6.10 Å². The molecular weight excluding hydrogens is 278 g/mol. The molecule has 0 fully saturated rings. The van der Waals surface area contributed by atoms with Crippen LogP contribution in [-0.2, 0) is 5.41 Å². The molecule has 0 amide bonds. The van der Waals surface area contributed by atoms with Gasteiger partial charge in [-0.2, -0.15) is 0 Å². The Balaban J connectivity index is 1.96. The van der Waals surface area contributed by atoms with Crippen LogP contribution in [0.3, 0.4) is 0 Å². The second kappa shape index (κ2) is 5.24. The number of aromatic nitrogens is 1. The van der Waals surface area contributed by atoms with Crippen molar-refractivity contribution in [3.63, 3.8) is 0 Å². The van der Waals surface area contributed by atoms with E-state index in [1.807, 2.05) is 36.4 Å². The average molecular weight is 297 g/mol. The number of pyridine rings is 1. The zero-order chi connectivity index (χ0) is 15.0. The van der Waals surface area contributed by atoms with Crippen LogP contribution in [0.5, 0.6) is 0 Å². The van der Waals surface area contributed by atoms with Crippen LogP contribution >= 0.6 is 11.3 Å². The van der Waals surface area contributed by atoms with Gasteiger partial charge >= 0.3 is 0 Å².